The first kappa shape index (κ1) is 14.6. The lowest BCUT2D eigenvalue weighted by molar-refractivity contribution is -0.144. The minimum Gasteiger partial charge on any atom is -0.480 e. The van der Waals surface area contributed by atoms with Gasteiger partial charge in [-0.3, -0.25) is 14.7 Å². The van der Waals surface area contributed by atoms with E-state index < -0.39 is 12.0 Å². The third-order valence-electron chi connectivity index (χ3n) is 3.25. The Bertz CT molecular complexity index is 379. The molecule has 1 N–H and O–H groups in total. The molecule has 100 valence electrons. The van der Waals surface area contributed by atoms with Crippen LogP contribution in [0.1, 0.15) is 38.8 Å². The van der Waals surface area contributed by atoms with Gasteiger partial charge in [-0.15, -0.1) is 0 Å². The number of rotatable bonds is 6. The second-order valence-corrected chi connectivity index (χ2v) is 5.11. The van der Waals surface area contributed by atoms with Crippen LogP contribution in [0.25, 0.3) is 0 Å². The van der Waals surface area contributed by atoms with Gasteiger partial charge in [0.2, 0.25) is 0 Å². The number of carboxylic acid groups (broad SMARTS) is 1. The van der Waals surface area contributed by atoms with Gasteiger partial charge in [0.15, 0.2) is 0 Å². The number of carbonyl (C=O) groups is 1. The zero-order chi connectivity index (χ0) is 13.7. The molecule has 1 aromatic heterocycles. The topological polar surface area (TPSA) is 53.4 Å². The van der Waals surface area contributed by atoms with Crippen molar-refractivity contribution < 1.29 is 9.90 Å². The van der Waals surface area contributed by atoms with Crippen LogP contribution in [-0.4, -0.2) is 34.0 Å². The lowest BCUT2D eigenvalue weighted by atomic mass is 10.00. The van der Waals surface area contributed by atoms with Gasteiger partial charge in [0.25, 0.3) is 0 Å². The first-order valence-corrected chi connectivity index (χ1v) is 6.28. The number of aliphatic carboxylic acids is 1. The van der Waals surface area contributed by atoms with Crippen LogP contribution in [0.15, 0.2) is 24.5 Å². The number of hydrogen-bond acceptors (Lipinski definition) is 3. The molecule has 2 atom stereocenters. The summed E-state index contributed by atoms with van der Waals surface area (Å²) in [5, 5.41) is 9.33. The lowest BCUT2D eigenvalue weighted by Crippen LogP contribution is -2.40. The zero-order valence-electron chi connectivity index (χ0n) is 11.5. The van der Waals surface area contributed by atoms with Crippen LogP contribution in [0.4, 0.5) is 0 Å². The molecule has 0 aromatic carbocycles. The van der Waals surface area contributed by atoms with Crippen LogP contribution in [-0.2, 0) is 4.79 Å². The highest BCUT2D eigenvalue weighted by Gasteiger charge is 2.27. The maximum Gasteiger partial charge on any atom is 0.320 e. The van der Waals surface area contributed by atoms with E-state index in [-0.39, 0.29) is 6.04 Å². The Balaban J connectivity index is 2.83. The van der Waals surface area contributed by atoms with Crippen molar-refractivity contribution in [3.63, 3.8) is 0 Å². The highest BCUT2D eigenvalue weighted by Crippen LogP contribution is 2.23. The normalized spacial score (nSPS) is 14.8. The van der Waals surface area contributed by atoms with Gasteiger partial charge >= 0.3 is 5.97 Å². The second-order valence-electron chi connectivity index (χ2n) is 5.11. The monoisotopic (exact) mass is 250 g/mol. The molecule has 1 aromatic rings. The summed E-state index contributed by atoms with van der Waals surface area (Å²) < 4.78 is 0. The van der Waals surface area contributed by atoms with Gasteiger partial charge in [-0.2, -0.15) is 0 Å². The second kappa shape index (κ2) is 6.50. The number of pyridine rings is 1. The summed E-state index contributed by atoms with van der Waals surface area (Å²) in [6, 6.07) is 3.43. The predicted molar refractivity (Wildman–Crippen MR) is 71.3 cm³/mol. The van der Waals surface area contributed by atoms with Crippen molar-refractivity contribution in [2.75, 3.05) is 7.05 Å². The fourth-order valence-electron chi connectivity index (χ4n) is 2.02. The number of likely N-dealkylation sites (N-methyl/N-ethyl adjacent to an activating group) is 1. The standard InChI is InChI=1S/C14H22N2O2/c1-10(2)8-13(14(17)18)16(4)11(3)12-6-5-7-15-9-12/h5-7,9-11,13H,8H2,1-4H3,(H,17,18). The molecule has 2 unspecified atom stereocenters. The molecule has 0 bridgehead atoms. The quantitative estimate of drug-likeness (QED) is 0.843. The Morgan fingerprint density at radius 3 is 2.56 bits per heavy atom. The van der Waals surface area contributed by atoms with Crippen molar-refractivity contribution in [2.24, 2.45) is 5.92 Å². The molecule has 1 rings (SSSR count). The Morgan fingerprint density at radius 2 is 2.11 bits per heavy atom. The highest BCUT2D eigenvalue weighted by atomic mass is 16.4. The van der Waals surface area contributed by atoms with Crippen molar-refractivity contribution in [3.05, 3.63) is 30.1 Å². The molecule has 0 saturated carbocycles. The van der Waals surface area contributed by atoms with Crippen molar-refractivity contribution in [1.82, 2.24) is 9.88 Å². The Hall–Kier alpha value is -1.42. The fraction of sp³-hybridized carbons (Fsp3) is 0.571. The van der Waals surface area contributed by atoms with Gasteiger partial charge in [-0.25, -0.2) is 0 Å². The third kappa shape index (κ3) is 3.81. The van der Waals surface area contributed by atoms with Gasteiger partial charge in [-0.05, 0) is 37.9 Å². The summed E-state index contributed by atoms with van der Waals surface area (Å²) in [5.41, 5.74) is 1.04. The minimum absolute atomic E-state index is 0.0403. The van der Waals surface area contributed by atoms with E-state index >= 15 is 0 Å². The average Bonchev–Trinajstić information content (AvgIpc) is 2.34. The Kier molecular flexibility index (Phi) is 5.28. The molecule has 0 saturated heterocycles. The summed E-state index contributed by atoms with van der Waals surface area (Å²) in [6.45, 7) is 6.09. The number of carboxylic acids is 1. The van der Waals surface area contributed by atoms with Crippen molar-refractivity contribution in [3.8, 4) is 0 Å². The van der Waals surface area contributed by atoms with Gasteiger partial charge in [-0.1, -0.05) is 19.9 Å². The summed E-state index contributed by atoms with van der Waals surface area (Å²) in [6.07, 6.45) is 4.16. The first-order valence-electron chi connectivity index (χ1n) is 6.28. The molecule has 0 aliphatic heterocycles. The molecule has 4 heteroatoms. The van der Waals surface area contributed by atoms with Crippen LogP contribution in [0.3, 0.4) is 0 Å². The minimum atomic E-state index is -0.762. The zero-order valence-corrected chi connectivity index (χ0v) is 11.5. The average molecular weight is 250 g/mol. The van der Waals surface area contributed by atoms with Gasteiger partial charge < -0.3 is 5.11 Å². The lowest BCUT2D eigenvalue weighted by Gasteiger charge is -2.31. The first-order chi connectivity index (χ1) is 8.43. The smallest absolute Gasteiger partial charge is 0.320 e. The molecule has 0 fully saturated rings. The van der Waals surface area contributed by atoms with Crippen LogP contribution >= 0.6 is 0 Å². The predicted octanol–water partition coefficient (Wildman–Crippen LogP) is 2.57. The van der Waals surface area contributed by atoms with Crippen molar-refractivity contribution in [2.45, 2.75) is 39.3 Å². The van der Waals surface area contributed by atoms with E-state index in [4.69, 9.17) is 0 Å². The molecule has 0 aliphatic carbocycles. The van der Waals surface area contributed by atoms with Crippen LogP contribution < -0.4 is 0 Å². The van der Waals surface area contributed by atoms with Crippen LogP contribution in [0.5, 0.6) is 0 Å². The molecular formula is C14H22N2O2. The van der Waals surface area contributed by atoms with E-state index in [1.165, 1.54) is 0 Å². The van der Waals surface area contributed by atoms with Gasteiger partial charge in [0.05, 0.1) is 0 Å². The van der Waals surface area contributed by atoms with E-state index in [1.54, 1.807) is 12.4 Å². The van der Waals surface area contributed by atoms with Gasteiger partial charge in [0, 0.05) is 18.4 Å². The van der Waals surface area contributed by atoms with E-state index in [9.17, 15) is 9.90 Å². The number of nitrogens with zero attached hydrogens (tertiary/aromatic N) is 2. The molecule has 0 aliphatic rings. The molecule has 0 spiro atoms. The van der Waals surface area contributed by atoms with E-state index in [0.29, 0.717) is 12.3 Å². The van der Waals surface area contributed by atoms with Crippen LogP contribution in [0.2, 0.25) is 0 Å². The molecule has 1 heterocycles. The highest BCUT2D eigenvalue weighted by molar-refractivity contribution is 5.73. The maximum absolute atomic E-state index is 11.4. The summed E-state index contributed by atoms with van der Waals surface area (Å²) in [7, 11) is 1.86. The Labute approximate surface area is 109 Å². The maximum atomic E-state index is 11.4. The van der Waals surface area contributed by atoms with Crippen LogP contribution in [0, 0.1) is 5.92 Å². The SMILES string of the molecule is CC(C)CC(C(=O)O)N(C)C(C)c1cccnc1. The van der Waals surface area contributed by atoms with Crippen molar-refractivity contribution >= 4 is 5.97 Å². The molecular weight excluding hydrogens is 228 g/mol. The summed E-state index contributed by atoms with van der Waals surface area (Å²) in [5.74, 6) is -0.406. The molecule has 4 nitrogen and oxygen atoms in total. The van der Waals surface area contributed by atoms with Crippen molar-refractivity contribution in [1.29, 1.82) is 0 Å². The number of aromatic nitrogens is 1. The molecule has 0 radical (unpaired) electrons. The summed E-state index contributed by atoms with van der Waals surface area (Å²) >= 11 is 0. The third-order valence-corrected chi connectivity index (χ3v) is 3.25. The van der Waals surface area contributed by atoms with E-state index in [1.807, 2.05) is 44.9 Å². The molecule has 0 amide bonds. The van der Waals surface area contributed by atoms with E-state index in [0.717, 1.165) is 5.56 Å². The summed E-state index contributed by atoms with van der Waals surface area (Å²) in [4.78, 5) is 17.3. The van der Waals surface area contributed by atoms with Gasteiger partial charge in [0.1, 0.15) is 6.04 Å². The largest absolute Gasteiger partial charge is 0.480 e. The molecule has 18 heavy (non-hydrogen) atoms. The van der Waals surface area contributed by atoms with E-state index in [2.05, 4.69) is 4.98 Å². The number of hydrogen-bond donors (Lipinski definition) is 1. The fourth-order valence-corrected chi connectivity index (χ4v) is 2.02. The Morgan fingerprint density at radius 1 is 1.44 bits per heavy atom.